The van der Waals surface area contributed by atoms with Crippen molar-refractivity contribution in [1.82, 2.24) is 20.0 Å². The zero-order valence-electron chi connectivity index (χ0n) is 16.3. The van der Waals surface area contributed by atoms with Crippen LogP contribution in [-0.4, -0.2) is 57.0 Å². The number of aliphatic carboxylic acids is 1. The number of anilines is 1. The number of carbonyl (C=O) groups excluding carboxylic acids is 1. The molecule has 2 aliphatic carbocycles. The fourth-order valence-electron chi connectivity index (χ4n) is 4.02. The Labute approximate surface area is 163 Å². The van der Waals surface area contributed by atoms with Crippen LogP contribution >= 0.6 is 0 Å². The summed E-state index contributed by atoms with van der Waals surface area (Å²) in [6.07, 6.45) is 4.00. The molecular formula is C20H27N5O3. The van der Waals surface area contributed by atoms with Crippen molar-refractivity contribution >= 4 is 28.6 Å². The maximum absolute atomic E-state index is 12.3. The summed E-state index contributed by atoms with van der Waals surface area (Å²) in [5, 5.41) is 20.5. The van der Waals surface area contributed by atoms with Crippen molar-refractivity contribution in [3.05, 3.63) is 23.9 Å². The minimum atomic E-state index is -0.782. The molecule has 0 aliphatic heterocycles. The number of hydrogen-bond donors (Lipinski definition) is 3. The highest BCUT2D eigenvalue weighted by Gasteiger charge is 2.37. The number of aromatic nitrogens is 2. The summed E-state index contributed by atoms with van der Waals surface area (Å²) >= 11 is 0. The van der Waals surface area contributed by atoms with Gasteiger partial charge in [-0.3, -0.25) is 14.4 Å². The van der Waals surface area contributed by atoms with Crippen LogP contribution in [0, 0.1) is 12.8 Å². The van der Waals surface area contributed by atoms with Crippen LogP contribution < -0.4 is 10.6 Å². The Morgan fingerprint density at radius 2 is 2.07 bits per heavy atom. The molecule has 2 aliphatic rings. The van der Waals surface area contributed by atoms with Gasteiger partial charge in [-0.1, -0.05) is 0 Å². The third-order valence-electron chi connectivity index (χ3n) is 5.79. The Kier molecular flexibility index (Phi) is 4.97. The number of urea groups is 1. The Morgan fingerprint density at radius 1 is 1.32 bits per heavy atom. The highest BCUT2D eigenvalue weighted by molar-refractivity contribution is 5.93. The SMILES string of the molecule is Cc1nn(C)c2cc(NC(=O)NC3CC(N(CC(=O)O)CC4CC4)C3)ccc12. The molecule has 8 nitrogen and oxygen atoms in total. The molecule has 0 unspecified atom stereocenters. The zero-order chi connectivity index (χ0) is 19.8. The summed E-state index contributed by atoms with van der Waals surface area (Å²) in [4.78, 5) is 25.5. The summed E-state index contributed by atoms with van der Waals surface area (Å²) in [7, 11) is 1.89. The molecule has 0 radical (unpaired) electrons. The maximum Gasteiger partial charge on any atom is 0.319 e. The molecular weight excluding hydrogens is 358 g/mol. The molecule has 0 atom stereocenters. The highest BCUT2D eigenvalue weighted by Crippen LogP contribution is 2.33. The normalized spacial score (nSPS) is 21.5. The van der Waals surface area contributed by atoms with E-state index in [2.05, 4.69) is 20.6 Å². The Bertz CT molecular complexity index is 899. The molecule has 2 fully saturated rings. The molecule has 0 saturated heterocycles. The fraction of sp³-hybridized carbons (Fsp3) is 0.550. The summed E-state index contributed by atoms with van der Waals surface area (Å²) in [6.45, 7) is 2.91. The number of carboxylic acids is 1. The van der Waals surface area contributed by atoms with Gasteiger partial charge in [-0.15, -0.1) is 0 Å². The summed E-state index contributed by atoms with van der Waals surface area (Å²) < 4.78 is 1.81. The van der Waals surface area contributed by atoms with E-state index >= 15 is 0 Å². The first-order valence-corrected chi connectivity index (χ1v) is 9.85. The molecule has 28 heavy (non-hydrogen) atoms. The van der Waals surface area contributed by atoms with Crippen molar-refractivity contribution in [1.29, 1.82) is 0 Å². The number of carboxylic acid groups (broad SMARTS) is 1. The molecule has 2 saturated carbocycles. The van der Waals surface area contributed by atoms with Gasteiger partial charge in [0.2, 0.25) is 0 Å². The van der Waals surface area contributed by atoms with Gasteiger partial charge in [0.25, 0.3) is 0 Å². The van der Waals surface area contributed by atoms with Gasteiger partial charge in [0, 0.05) is 36.7 Å². The van der Waals surface area contributed by atoms with Crippen LogP contribution in [0.4, 0.5) is 10.5 Å². The second-order valence-corrected chi connectivity index (χ2v) is 8.13. The smallest absolute Gasteiger partial charge is 0.319 e. The van der Waals surface area contributed by atoms with Crippen molar-refractivity contribution < 1.29 is 14.7 Å². The van der Waals surface area contributed by atoms with E-state index < -0.39 is 5.97 Å². The topological polar surface area (TPSA) is 99.5 Å². The number of carbonyl (C=O) groups is 2. The number of benzene rings is 1. The van der Waals surface area contributed by atoms with Crippen LogP contribution in [-0.2, 0) is 11.8 Å². The lowest BCUT2D eigenvalue weighted by molar-refractivity contribution is -0.139. The van der Waals surface area contributed by atoms with Gasteiger partial charge < -0.3 is 15.7 Å². The van der Waals surface area contributed by atoms with E-state index in [4.69, 9.17) is 5.11 Å². The number of aryl methyl sites for hydroxylation is 2. The van der Waals surface area contributed by atoms with Crippen molar-refractivity contribution in [3.63, 3.8) is 0 Å². The predicted octanol–water partition coefficient (Wildman–Crippen LogP) is 2.33. The van der Waals surface area contributed by atoms with Crippen molar-refractivity contribution in [2.75, 3.05) is 18.4 Å². The monoisotopic (exact) mass is 385 g/mol. The third-order valence-corrected chi connectivity index (χ3v) is 5.79. The number of amides is 2. The average molecular weight is 385 g/mol. The molecule has 1 aromatic heterocycles. The molecule has 0 bridgehead atoms. The summed E-state index contributed by atoms with van der Waals surface area (Å²) in [6, 6.07) is 5.87. The van der Waals surface area contributed by atoms with E-state index in [0.717, 1.165) is 41.7 Å². The second kappa shape index (κ2) is 7.43. The number of nitrogens with zero attached hydrogens (tertiary/aromatic N) is 3. The van der Waals surface area contributed by atoms with Gasteiger partial charge in [0.1, 0.15) is 0 Å². The van der Waals surface area contributed by atoms with Crippen molar-refractivity contribution in [3.8, 4) is 0 Å². The van der Waals surface area contributed by atoms with Gasteiger partial charge in [0.05, 0.1) is 17.8 Å². The van der Waals surface area contributed by atoms with Crippen LogP contribution in [0.1, 0.15) is 31.4 Å². The molecule has 0 spiro atoms. The third kappa shape index (κ3) is 4.11. The fourth-order valence-corrected chi connectivity index (χ4v) is 4.02. The van der Waals surface area contributed by atoms with Crippen LogP contribution in [0.3, 0.4) is 0 Å². The number of rotatable bonds is 7. The van der Waals surface area contributed by atoms with E-state index in [0.29, 0.717) is 5.92 Å². The first-order valence-electron chi connectivity index (χ1n) is 9.85. The molecule has 150 valence electrons. The molecule has 8 heteroatoms. The van der Waals surface area contributed by atoms with E-state index in [1.807, 2.05) is 32.2 Å². The van der Waals surface area contributed by atoms with E-state index in [-0.39, 0.29) is 24.7 Å². The van der Waals surface area contributed by atoms with E-state index in [1.54, 1.807) is 4.68 Å². The lowest BCUT2D eigenvalue weighted by Crippen LogP contribution is -2.55. The standard InChI is InChI=1S/C20H27N5O3/c1-12-17-6-5-14(9-18(17)24(2)23-12)21-20(28)22-15-7-16(8-15)25(11-19(26)27)10-13-3-4-13/h5-6,9,13,15-16H,3-4,7-8,10-11H2,1-2H3,(H,26,27)(H2,21,22,28). The average Bonchev–Trinajstić information content (AvgIpc) is 3.35. The lowest BCUT2D eigenvalue weighted by Gasteiger charge is -2.42. The van der Waals surface area contributed by atoms with Gasteiger partial charge in [-0.2, -0.15) is 5.10 Å². The predicted molar refractivity (Wildman–Crippen MR) is 106 cm³/mol. The Hall–Kier alpha value is -2.61. The van der Waals surface area contributed by atoms with Crippen molar-refractivity contribution in [2.45, 2.75) is 44.7 Å². The molecule has 1 heterocycles. The van der Waals surface area contributed by atoms with E-state index in [9.17, 15) is 9.59 Å². The minimum Gasteiger partial charge on any atom is -0.480 e. The zero-order valence-corrected chi connectivity index (χ0v) is 16.3. The van der Waals surface area contributed by atoms with Gasteiger partial charge >= 0.3 is 12.0 Å². The van der Waals surface area contributed by atoms with Crippen LogP contribution in [0.2, 0.25) is 0 Å². The Morgan fingerprint density at radius 3 is 2.75 bits per heavy atom. The molecule has 2 aromatic rings. The first-order chi connectivity index (χ1) is 13.4. The van der Waals surface area contributed by atoms with Gasteiger partial charge in [0.15, 0.2) is 0 Å². The van der Waals surface area contributed by atoms with Crippen LogP contribution in [0.5, 0.6) is 0 Å². The molecule has 1 aromatic carbocycles. The van der Waals surface area contributed by atoms with E-state index in [1.165, 1.54) is 12.8 Å². The number of hydrogen-bond acceptors (Lipinski definition) is 4. The molecule has 2 amide bonds. The summed E-state index contributed by atoms with van der Waals surface area (Å²) in [5.41, 5.74) is 2.67. The quantitative estimate of drug-likeness (QED) is 0.679. The van der Waals surface area contributed by atoms with Crippen molar-refractivity contribution in [2.24, 2.45) is 13.0 Å². The minimum absolute atomic E-state index is 0.0863. The molecule has 3 N–H and O–H groups in total. The second-order valence-electron chi connectivity index (χ2n) is 8.13. The van der Waals surface area contributed by atoms with Crippen LogP contribution in [0.15, 0.2) is 18.2 Å². The number of fused-ring (bicyclic) bond motifs is 1. The van der Waals surface area contributed by atoms with Gasteiger partial charge in [-0.05, 0) is 56.7 Å². The van der Waals surface area contributed by atoms with Crippen LogP contribution in [0.25, 0.3) is 10.9 Å². The maximum atomic E-state index is 12.3. The largest absolute Gasteiger partial charge is 0.480 e. The first kappa shape index (κ1) is 18.7. The summed E-state index contributed by atoms with van der Waals surface area (Å²) in [5.74, 6) is -0.129. The lowest BCUT2D eigenvalue weighted by atomic mass is 9.85. The van der Waals surface area contributed by atoms with Gasteiger partial charge in [-0.25, -0.2) is 4.79 Å². The Balaban J connectivity index is 1.29. The molecule has 4 rings (SSSR count). The number of nitrogens with one attached hydrogen (secondary N) is 2. The highest BCUT2D eigenvalue weighted by atomic mass is 16.4.